The van der Waals surface area contributed by atoms with Gasteiger partial charge in [-0.1, -0.05) is 160 Å². The number of aliphatic hydroxyl groups excluding tert-OH is 1. The molecule has 1 unspecified atom stereocenters. The van der Waals surface area contributed by atoms with Crippen LogP contribution in [0.3, 0.4) is 0 Å². The molecule has 0 radical (unpaired) electrons. The van der Waals surface area contributed by atoms with Crippen molar-refractivity contribution in [2.24, 2.45) is 0 Å². The first-order valence-corrected chi connectivity index (χ1v) is 20.7. The quantitative estimate of drug-likeness (QED) is 0.0269. The van der Waals surface area contributed by atoms with Gasteiger partial charge in [0.25, 0.3) is 0 Å². The number of hydrogen-bond donors (Lipinski definition) is 3. The molecule has 0 fully saturated rings. The van der Waals surface area contributed by atoms with Gasteiger partial charge in [-0.2, -0.15) is 0 Å². The monoisotopic (exact) mass is 688 g/mol. The Morgan fingerprint density at radius 1 is 0.723 bits per heavy atom. The maximum absolute atomic E-state index is 12.8. The summed E-state index contributed by atoms with van der Waals surface area (Å²) in [7, 11) is 1.54. The van der Waals surface area contributed by atoms with Crippen LogP contribution in [0.5, 0.6) is 0 Å². The molecule has 0 saturated carbocycles. The van der Waals surface area contributed by atoms with Gasteiger partial charge >= 0.3 is 7.82 Å². The minimum atomic E-state index is -4.33. The summed E-state index contributed by atoms with van der Waals surface area (Å²) in [6.07, 6.45) is 34.0. The number of amides is 1. The van der Waals surface area contributed by atoms with E-state index in [0.29, 0.717) is 17.4 Å². The topological polar surface area (TPSA) is 105 Å². The number of phosphoric acid groups is 1. The van der Waals surface area contributed by atoms with E-state index in [1.165, 1.54) is 109 Å². The van der Waals surface area contributed by atoms with Gasteiger partial charge in [0.05, 0.1) is 39.9 Å². The van der Waals surface area contributed by atoms with Crippen LogP contribution in [0.25, 0.3) is 0 Å². The molecule has 0 bridgehead atoms. The zero-order valence-corrected chi connectivity index (χ0v) is 32.2. The number of carbonyl (C=O) groups excluding carboxylic acids is 1. The maximum atomic E-state index is 12.8. The molecule has 0 aliphatic rings. The van der Waals surface area contributed by atoms with Gasteiger partial charge < -0.3 is 19.8 Å². The number of hydrogen-bond acceptors (Lipinski definition) is 5. The molecule has 1 amide bonds. The Kier molecular flexibility index (Phi) is 30.3. The van der Waals surface area contributed by atoms with E-state index in [-0.39, 0.29) is 19.1 Å². The molecule has 0 aromatic rings. The first kappa shape index (κ1) is 46.0. The van der Waals surface area contributed by atoms with Crippen LogP contribution in [-0.2, 0) is 18.4 Å². The van der Waals surface area contributed by atoms with Gasteiger partial charge in [-0.15, -0.1) is 0 Å². The van der Waals surface area contributed by atoms with E-state index in [2.05, 4.69) is 25.2 Å². The lowest BCUT2D eigenvalue weighted by molar-refractivity contribution is -0.870. The third-order valence-electron chi connectivity index (χ3n) is 8.48. The van der Waals surface area contributed by atoms with Gasteiger partial charge in [-0.05, 0) is 19.3 Å². The van der Waals surface area contributed by atoms with Crippen molar-refractivity contribution in [3.8, 4) is 0 Å². The second-order valence-electron chi connectivity index (χ2n) is 14.3. The van der Waals surface area contributed by atoms with Crippen molar-refractivity contribution >= 4 is 13.7 Å². The summed E-state index contributed by atoms with van der Waals surface area (Å²) >= 11 is 0. The largest absolute Gasteiger partial charge is 0.472 e. The SMILES string of the molecule is CCCCCCC/C=C/C=C/[C@@H](O)[C@H](COP(=O)(O)OCC[N+](C)(C)C)NC(=O)CCCCCCCCCCCCCCCCCC. The van der Waals surface area contributed by atoms with Crippen LogP contribution in [0.4, 0.5) is 0 Å². The van der Waals surface area contributed by atoms with E-state index >= 15 is 0 Å². The lowest BCUT2D eigenvalue weighted by atomic mass is 10.0. The zero-order chi connectivity index (χ0) is 35.1. The van der Waals surface area contributed by atoms with Crippen LogP contribution in [0.1, 0.15) is 162 Å². The summed E-state index contributed by atoms with van der Waals surface area (Å²) < 4.78 is 23.4. The Bertz CT molecular complexity index is 829. The Balaban J connectivity index is 4.46. The standard InChI is InChI=1S/C38H75N2O6P/c1-6-8-10-12-14-16-17-18-19-20-21-22-24-26-28-30-32-38(42)39-36(35-46-47(43,44)45-34-33-40(3,4)5)37(41)31-29-27-25-23-15-13-11-9-7-2/h25,27,29,31,36-37,41H,6-24,26,28,30,32-35H2,1-5H3,(H-,39,42,43,44)/p+1/b27-25+,31-29+/t36-,37+/m0/s1. The number of unbranched alkanes of at least 4 members (excludes halogenated alkanes) is 20. The highest BCUT2D eigenvalue weighted by Gasteiger charge is 2.27. The van der Waals surface area contributed by atoms with Crippen LogP contribution in [0.15, 0.2) is 24.3 Å². The average Bonchev–Trinajstić information content (AvgIpc) is 3.01. The summed E-state index contributed by atoms with van der Waals surface area (Å²) in [6.45, 7) is 4.72. The zero-order valence-electron chi connectivity index (χ0n) is 31.3. The predicted molar refractivity (Wildman–Crippen MR) is 198 cm³/mol. The minimum absolute atomic E-state index is 0.0548. The second kappa shape index (κ2) is 31.0. The van der Waals surface area contributed by atoms with Crippen molar-refractivity contribution in [1.29, 1.82) is 0 Å². The van der Waals surface area contributed by atoms with E-state index in [1.54, 1.807) is 12.2 Å². The van der Waals surface area contributed by atoms with Crippen molar-refractivity contribution in [2.75, 3.05) is 40.9 Å². The summed E-state index contributed by atoms with van der Waals surface area (Å²) in [5.74, 6) is -0.197. The van der Waals surface area contributed by atoms with Crippen molar-refractivity contribution in [2.45, 2.75) is 174 Å². The first-order valence-electron chi connectivity index (χ1n) is 19.2. The van der Waals surface area contributed by atoms with Crippen LogP contribution >= 0.6 is 7.82 Å². The van der Waals surface area contributed by atoms with Gasteiger partial charge in [-0.25, -0.2) is 4.57 Å². The van der Waals surface area contributed by atoms with Crippen molar-refractivity contribution < 1.29 is 32.9 Å². The number of carbonyl (C=O) groups is 1. The number of aliphatic hydroxyl groups is 1. The minimum Gasteiger partial charge on any atom is -0.387 e. The molecule has 0 aromatic carbocycles. The molecule has 8 nitrogen and oxygen atoms in total. The molecule has 0 saturated heterocycles. The summed E-state index contributed by atoms with van der Waals surface area (Å²) in [5, 5.41) is 13.6. The molecular weight excluding hydrogens is 611 g/mol. The number of likely N-dealkylation sites (N-methyl/N-ethyl adjacent to an activating group) is 1. The van der Waals surface area contributed by atoms with Gasteiger partial charge in [0.1, 0.15) is 13.2 Å². The fourth-order valence-corrected chi connectivity index (χ4v) is 6.07. The number of nitrogens with zero attached hydrogens (tertiary/aromatic N) is 1. The fourth-order valence-electron chi connectivity index (χ4n) is 5.33. The number of rotatable bonds is 34. The molecule has 0 heterocycles. The molecule has 0 spiro atoms. The summed E-state index contributed by atoms with van der Waals surface area (Å²) in [4.78, 5) is 22.9. The normalized spacial score (nSPS) is 15.0. The van der Waals surface area contributed by atoms with Gasteiger partial charge in [0.15, 0.2) is 0 Å². The van der Waals surface area contributed by atoms with E-state index < -0.39 is 20.0 Å². The van der Waals surface area contributed by atoms with Crippen LogP contribution in [-0.4, -0.2) is 73.4 Å². The third kappa shape index (κ3) is 33.3. The van der Waals surface area contributed by atoms with Crippen molar-refractivity contribution in [3.63, 3.8) is 0 Å². The molecular formula is C38H76N2O6P+. The Morgan fingerprint density at radius 3 is 1.68 bits per heavy atom. The Morgan fingerprint density at radius 2 is 1.19 bits per heavy atom. The molecule has 278 valence electrons. The molecule has 0 aliphatic carbocycles. The summed E-state index contributed by atoms with van der Waals surface area (Å²) in [6, 6.07) is -0.871. The highest BCUT2D eigenvalue weighted by Crippen LogP contribution is 2.43. The van der Waals surface area contributed by atoms with E-state index in [0.717, 1.165) is 32.1 Å². The highest BCUT2D eigenvalue weighted by molar-refractivity contribution is 7.47. The lowest BCUT2D eigenvalue weighted by Crippen LogP contribution is -2.45. The average molecular weight is 688 g/mol. The number of allylic oxidation sites excluding steroid dienone is 3. The molecule has 0 aromatic heterocycles. The highest BCUT2D eigenvalue weighted by atomic mass is 31.2. The van der Waals surface area contributed by atoms with Crippen LogP contribution < -0.4 is 5.32 Å². The molecule has 0 rings (SSSR count). The van der Waals surface area contributed by atoms with E-state index in [4.69, 9.17) is 9.05 Å². The molecule has 3 atom stereocenters. The number of phosphoric ester groups is 1. The lowest BCUT2D eigenvalue weighted by Gasteiger charge is -2.25. The van der Waals surface area contributed by atoms with Crippen LogP contribution in [0.2, 0.25) is 0 Å². The molecule has 9 heteroatoms. The van der Waals surface area contributed by atoms with Gasteiger partial charge in [0.2, 0.25) is 5.91 Å². The van der Waals surface area contributed by atoms with Crippen molar-refractivity contribution in [1.82, 2.24) is 5.32 Å². The van der Waals surface area contributed by atoms with Gasteiger partial charge in [0, 0.05) is 6.42 Å². The third-order valence-corrected chi connectivity index (χ3v) is 9.46. The number of nitrogens with one attached hydrogen (secondary N) is 1. The molecule has 0 aliphatic heterocycles. The number of quaternary nitrogens is 1. The second-order valence-corrected chi connectivity index (χ2v) is 15.8. The Labute approximate surface area is 290 Å². The fraction of sp³-hybridized carbons (Fsp3) is 0.868. The molecule has 3 N–H and O–H groups in total. The van der Waals surface area contributed by atoms with E-state index in [9.17, 15) is 19.4 Å². The van der Waals surface area contributed by atoms with Crippen LogP contribution in [0, 0.1) is 0 Å². The predicted octanol–water partition coefficient (Wildman–Crippen LogP) is 9.80. The van der Waals surface area contributed by atoms with E-state index in [1.807, 2.05) is 27.2 Å². The first-order chi connectivity index (χ1) is 22.5. The van der Waals surface area contributed by atoms with Gasteiger partial charge in [-0.3, -0.25) is 13.8 Å². The molecule has 47 heavy (non-hydrogen) atoms. The Hall–Kier alpha value is -1.02. The maximum Gasteiger partial charge on any atom is 0.472 e. The van der Waals surface area contributed by atoms with Crippen molar-refractivity contribution in [3.05, 3.63) is 24.3 Å². The smallest absolute Gasteiger partial charge is 0.387 e. The summed E-state index contributed by atoms with van der Waals surface area (Å²) in [5.41, 5.74) is 0.